The minimum Gasteiger partial charge on any atom is -0.337 e. The molecule has 1 aromatic carbocycles. The highest BCUT2D eigenvalue weighted by Crippen LogP contribution is 2.28. The van der Waals surface area contributed by atoms with Gasteiger partial charge >= 0.3 is 12.2 Å². The second-order valence-electron chi connectivity index (χ2n) is 5.05. The molecule has 1 unspecified atom stereocenters. The van der Waals surface area contributed by atoms with Gasteiger partial charge < -0.3 is 16.0 Å². The van der Waals surface area contributed by atoms with Crippen LogP contribution in [0.2, 0.25) is 0 Å². The van der Waals surface area contributed by atoms with Gasteiger partial charge in [0.05, 0.1) is 5.56 Å². The van der Waals surface area contributed by atoms with Crippen LogP contribution in [0, 0.1) is 0 Å². The molecule has 0 radical (unpaired) electrons. The Morgan fingerprint density at radius 2 is 1.95 bits per heavy atom. The van der Waals surface area contributed by atoms with Crippen LogP contribution in [-0.2, 0) is 12.7 Å². The first-order chi connectivity index (χ1) is 9.95. The molecule has 0 spiro atoms. The van der Waals surface area contributed by atoms with Crippen LogP contribution in [-0.4, -0.2) is 25.2 Å². The van der Waals surface area contributed by atoms with E-state index >= 15 is 0 Å². The number of urea groups is 1. The van der Waals surface area contributed by atoms with Crippen molar-refractivity contribution in [3.63, 3.8) is 0 Å². The van der Waals surface area contributed by atoms with Gasteiger partial charge in [0, 0.05) is 19.1 Å². The standard InChI is InChI=1S/C14H18F3N3O/c15-14(16,17)11-5-3-10(4-6-11)8-19-13(21)20-9-12-2-1-7-18-12/h3-6,12,18H,1-2,7-9H2,(H2,19,20,21). The molecule has 2 amide bonds. The summed E-state index contributed by atoms with van der Waals surface area (Å²) in [6.45, 7) is 1.72. The molecule has 1 heterocycles. The maximum absolute atomic E-state index is 12.4. The van der Waals surface area contributed by atoms with Crippen molar-refractivity contribution < 1.29 is 18.0 Å². The minimum absolute atomic E-state index is 0.196. The van der Waals surface area contributed by atoms with Crippen LogP contribution >= 0.6 is 0 Å². The van der Waals surface area contributed by atoms with Gasteiger partial charge in [0.1, 0.15) is 0 Å². The SMILES string of the molecule is O=C(NCc1ccc(C(F)(F)F)cc1)NCC1CCCN1. The van der Waals surface area contributed by atoms with Gasteiger partial charge in [-0.1, -0.05) is 12.1 Å². The Hall–Kier alpha value is -1.76. The molecule has 3 N–H and O–H groups in total. The second kappa shape index (κ2) is 6.80. The van der Waals surface area contributed by atoms with Gasteiger partial charge in [-0.3, -0.25) is 0 Å². The molecule has 0 aromatic heterocycles. The van der Waals surface area contributed by atoms with Crippen molar-refractivity contribution in [1.29, 1.82) is 0 Å². The summed E-state index contributed by atoms with van der Waals surface area (Å²) in [7, 11) is 0. The lowest BCUT2D eigenvalue weighted by molar-refractivity contribution is -0.137. The van der Waals surface area contributed by atoms with Crippen LogP contribution in [0.25, 0.3) is 0 Å². The van der Waals surface area contributed by atoms with Crippen LogP contribution in [0.15, 0.2) is 24.3 Å². The predicted molar refractivity (Wildman–Crippen MR) is 72.7 cm³/mol. The summed E-state index contributed by atoms with van der Waals surface area (Å²) in [6, 6.07) is 4.74. The summed E-state index contributed by atoms with van der Waals surface area (Å²) in [4.78, 5) is 11.6. The number of rotatable bonds is 4. The van der Waals surface area contributed by atoms with Gasteiger partial charge in [-0.2, -0.15) is 13.2 Å². The van der Waals surface area contributed by atoms with Crippen LogP contribution in [0.5, 0.6) is 0 Å². The largest absolute Gasteiger partial charge is 0.416 e. The molecule has 7 heteroatoms. The Morgan fingerprint density at radius 3 is 2.52 bits per heavy atom. The first-order valence-corrected chi connectivity index (χ1v) is 6.86. The molecule has 0 aliphatic carbocycles. The lowest BCUT2D eigenvalue weighted by Crippen LogP contribution is -2.42. The summed E-state index contributed by atoms with van der Waals surface area (Å²) in [6.07, 6.45) is -2.18. The minimum atomic E-state index is -4.34. The third kappa shape index (κ3) is 4.93. The van der Waals surface area contributed by atoms with Gasteiger partial charge in [0.2, 0.25) is 0 Å². The number of carbonyl (C=O) groups is 1. The van der Waals surface area contributed by atoms with Crippen LogP contribution in [0.4, 0.5) is 18.0 Å². The number of carbonyl (C=O) groups excluding carboxylic acids is 1. The van der Waals surface area contributed by atoms with E-state index in [2.05, 4.69) is 16.0 Å². The molecular weight excluding hydrogens is 283 g/mol. The summed E-state index contributed by atoms with van der Waals surface area (Å²) in [5.41, 5.74) is -0.0693. The topological polar surface area (TPSA) is 53.2 Å². The van der Waals surface area contributed by atoms with Crippen LogP contribution in [0.1, 0.15) is 24.0 Å². The molecule has 1 atom stereocenters. The van der Waals surface area contributed by atoms with Crippen molar-refractivity contribution in [2.45, 2.75) is 31.6 Å². The van der Waals surface area contributed by atoms with E-state index < -0.39 is 11.7 Å². The molecule has 21 heavy (non-hydrogen) atoms. The molecule has 2 rings (SSSR count). The normalized spacial score (nSPS) is 18.5. The third-order valence-electron chi connectivity index (χ3n) is 3.41. The zero-order valence-corrected chi connectivity index (χ0v) is 11.5. The van der Waals surface area contributed by atoms with Gasteiger partial charge in [0.15, 0.2) is 0 Å². The Balaban J connectivity index is 1.73. The van der Waals surface area contributed by atoms with Gasteiger partial charge in [-0.15, -0.1) is 0 Å². The van der Waals surface area contributed by atoms with E-state index in [9.17, 15) is 18.0 Å². The van der Waals surface area contributed by atoms with Crippen molar-refractivity contribution in [2.75, 3.05) is 13.1 Å². The van der Waals surface area contributed by atoms with E-state index in [0.717, 1.165) is 31.5 Å². The van der Waals surface area contributed by atoms with Gasteiger partial charge in [-0.25, -0.2) is 4.79 Å². The predicted octanol–water partition coefficient (Wildman–Crippen LogP) is 2.26. The number of hydrogen-bond acceptors (Lipinski definition) is 2. The molecule has 116 valence electrons. The zero-order chi connectivity index (χ0) is 15.3. The van der Waals surface area contributed by atoms with Crippen molar-refractivity contribution >= 4 is 6.03 Å². The fraction of sp³-hybridized carbons (Fsp3) is 0.500. The molecule has 1 aliphatic heterocycles. The lowest BCUT2D eigenvalue weighted by Gasteiger charge is -2.12. The maximum atomic E-state index is 12.4. The van der Waals surface area contributed by atoms with E-state index in [1.165, 1.54) is 12.1 Å². The average molecular weight is 301 g/mol. The Morgan fingerprint density at radius 1 is 1.24 bits per heavy atom. The Kier molecular flexibility index (Phi) is 5.06. The molecular formula is C14H18F3N3O. The fourth-order valence-electron chi connectivity index (χ4n) is 2.20. The number of nitrogens with one attached hydrogen (secondary N) is 3. The van der Waals surface area contributed by atoms with Gasteiger partial charge in [-0.05, 0) is 37.1 Å². The Bertz CT molecular complexity index is 467. The maximum Gasteiger partial charge on any atom is 0.416 e. The van der Waals surface area contributed by atoms with E-state index in [0.29, 0.717) is 18.2 Å². The first kappa shape index (κ1) is 15.6. The zero-order valence-electron chi connectivity index (χ0n) is 11.5. The smallest absolute Gasteiger partial charge is 0.337 e. The van der Waals surface area contributed by atoms with E-state index in [1.54, 1.807) is 0 Å². The molecule has 0 bridgehead atoms. The number of amides is 2. The van der Waals surface area contributed by atoms with Crippen molar-refractivity contribution in [1.82, 2.24) is 16.0 Å². The highest BCUT2D eigenvalue weighted by molar-refractivity contribution is 5.73. The van der Waals surface area contributed by atoms with Crippen molar-refractivity contribution in [2.24, 2.45) is 0 Å². The first-order valence-electron chi connectivity index (χ1n) is 6.86. The molecule has 1 saturated heterocycles. The quantitative estimate of drug-likeness (QED) is 0.799. The number of hydrogen-bond donors (Lipinski definition) is 3. The fourth-order valence-corrected chi connectivity index (χ4v) is 2.20. The second-order valence-corrected chi connectivity index (χ2v) is 5.05. The molecule has 1 aliphatic rings. The molecule has 1 aromatic rings. The molecule has 0 saturated carbocycles. The van der Waals surface area contributed by atoms with Crippen molar-refractivity contribution in [3.8, 4) is 0 Å². The summed E-state index contributed by atoms with van der Waals surface area (Å²) >= 11 is 0. The lowest BCUT2D eigenvalue weighted by atomic mass is 10.1. The monoisotopic (exact) mass is 301 g/mol. The highest BCUT2D eigenvalue weighted by atomic mass is 19.4. The van der Waals surface area contributed by atoms with Gasteiger partial charge in [0.25, 0.3) is 0 Å². The summed E-state index contributed by atoms with van der Waals surface area (Å²) in [5, 5.41) is 8.62. The summed E-state index contributed by atoms with van der Waals surface area (Å²) in [5.74, 6) is 0. The van der Waals surface area contributed by atoms with Crippen LogP contribution in [0.3, 0.4) is 0 Å². The average Bonchev–Trinajstić information content (AvgIpc) is 2.95. The van der Waals surface area contributed by atoms with Crippen molar-refractivity contribution in [3.05, 3.63) is 35.4 Å². The molecule has 4 nitrogen and oxygen atoms in total. The molecule has 1 fully saturated rings. The summed E-state index contributed by atoms with van der Waals surface area (Å²) < 4.78 is 37.2. The number of halogens is 3. The van der Waals surface area contributed by atoms with Crippen LogP contribution < -0.4 is 16.0 Å². The van der Waals surface area contributed by atoms with E-state index in [-0.39, 0.29) is 12.6 Å². The highest BCUT2D eigenvalue weighted by Gasteiger charge is 2.29. The number of alkyl halides is 3. The van der Waals surface area contributed by atoms with E-state index in [4.69, 9.17) is 0 Å². The Labute approximate surface area is 121 Å². The third-order valence-corrected chi connectivity index (χ3v) is 3.41. The number of benzene rings is 1. The van der Waals surface area contributed by atoms with E-state index in [1.807, 2.05) is 0 Å².